The fraction of sp³-hybridized carbons (Fsp3) is 0.533. The maximum Gasteiger partial charge on any atom is 0.251 e. The fourth-order valence-corrected chi connectivity index (χ4v) is 3.00. The molecule has 0 aromatic heterocycles. The quantitative estimate of drug-likeness (QED) is 0.866. The van der Waals surface area contributed by atoms with Gasteiger partial charge >= 0.3 is 0 Å². The number of carbonyl (C=O) groups excluding carboxylic acids is 1. The lowest BCUT2D eigenvalue weighted by Crippen LogP contribution is -2.42. The summed E-state index contributed by atoms with van der Waals surface area (Å²) in [5.41, 5.74) is 0.405. The summed E-state index contributed by atoms with van der Waals surface area (Å²) in [5, 5.41) is 3.01. The third-order valence-corrected chi connectivity index (χ3v) is 4.23. The number of ether oxygens (including phenoxy) is 1. The van der Waals surface area contributed by atoms with Crippen molar-refractivity contribution in [3.8, 4) is 5.75 Å². The van der Waals surface area contributed by atoms with Crippen molar-refractivity contribution in [3.05, 3.63) is 29.6 Å². The van der Waals surface area contributed by atoms with Crippen LogP contribution in [0.5, 0.6) is 5.75 Å². The molecule has 3 nitrogen and oxygen atoms in total. The molecule has 1 aliphatic carbocycles. The van der Waals surface area contributed by atoms with Gasteiger partial charge < -0.3 is 10.1 Å². The Balaban J connectivity index is 2.07. The summed E-state index contributed by atoms with van der Waals surface area (Å²) in [4.78, 5) is 12.2. The zero-order chi connectivity index (χ0) is 14.5. The number of hydrogen-bond acceptors (Lipinski definition) is 2. The number of halogens is 2. The molecule has 1 aromatic carbocycles. The standard InChI is InChI=1S/C15H19ClFNO2/c1-20-14-8-10(6-7-12(14)17)15(19)18-13-5-3-2-4-11(13)9-16/h6-8,11,13H,2-5,9H2,1H3,(H,18,19). The highest BCUT2D eigenvalue weighted by Crippen LogP contribution is 2.26. The average molecular weight is 300 g/mol. The summed E-state index contributed by atoms with van der Waals surface area (Å²) < 4.78 is 18.2. The number of rotatable bonds is 4. The molecular formula is C15H19ClFNO2. The second-order valence-electron chi connectivity index (χ2n) is 5.13. The van der Waals surface area contributed by atoms with Crippen molar-refractivity contribution >= 4 is 17.5 Å². The molecule has 2 unspecified atom stereocenters. The summed E-state index contributed by atoms with van der Waals surface area (Å²) in [6.45, 7) is 0. The fourth-order valence-electron chi connectivity index (χ4n) is 2.64. The van der Waals surface area contributed by atoms with Crippen molar-refractivity contribution in [1.82, 2.24) is 5.32 Å². The molecule has 20 heavy (non-hydrogen) atoms. The second-order valence-corrected chi connectivity index (χ2v) is 5.44. The van der Waals surface area contributed by atoms with Gasteiger partial charge in [0.25, 0.3) is 5.91 Å². The Hall–Kier alpha value is -1.29. The van der Waals surface area contributed by atoms with E-state index >= 15 is 0 Å². The van der Waals surface area contributed by atoms with Gasteiger partial charge in [-0.05, 0) is 37.0 Å². The highest BCUT2D eigenvalue weighted by atomic mass is 35.5. The van der Waals surface area contributed by atoms with Crippen molar-refractivity contribution < 1.29 is 13.9 Å². The van der Waals surface area contributed by atoms with E-state index in [9.17, 15) is 9.18 Å². The molecule has 0 heterocycles. The van der Waals surface area contributed by atoms with Crippen LogP contribution in [0.2, 0.25) is 0 Å². The molecule has 0 aliphatic heterocycles. The first kappa shape index (κ1) is 15.1. The van der Waals surface area contributed by atoms with Gasteiger partial charge in [-0.25, -0.2) is 4.39 Å². The minimum absolute atomic E-state index is 0.0789. The Bertz CT molecular complexity index is 481. The van der Waals surface area contributed by atoms with Crippen LogP contribution in [0.4, 0.5) is 4.39 Å². The first-order valence-corrected chi connectivity index (χ1v) is 7.39. The molecular weight excluding hydrogens is 281 g/mol. The lowest BCUT2D eigenvalue weighted by Gasteiger charge is -2.30. The Kier molecular flexibility index (Phi) is 5.24. The highest BCUT2D eigenvalue weighted by molar-refractivity contribution is 6.18. The highest BCUT2D eigenvalue weighted by Gasteiger charge is 2.26. The smallest absolute Gasteiger partial charge is 0.251 e. The van der Waals surface area contributed by atoms with E-state index in [4.69, 9.17) is 16.3 Å². The van der Waals surface area contributed by atoms with Crippen molar-refractivity contribution in [2.45, 2.75) is 31.7 Å². The first-order chi connectivity index (χ1) is 9.65. The van der Waals surface area contributed by atoms with E-state index in [-0.39, 0.29) is 17.7 Å². The van der Waals surface area contributed by atoms with E-state index in [1.54, 1.807) is 0 Å². The second kappa shape index (κ2) is 6.93. The predicted molar refractivity (Wildman–Crippen MR) is 76.9 cm³/mol. The number of alkyl halides is 1. The molecule has 1 aliphatic rings. The summed E-state index contributed by atoms with van der Waals surface area (Å²) >= 11 is 5.95. The molecule has 1 fully saturated rings. The summed E-state index contributed by atoms with van der Waals surface area (Å²) in [7, 11) is 1.38. The topological polar surface area (TPSA) is 38.3 Å². The van der Waals surface area contributed by atoms with Crippen LogP contribution in [0, 0.1) is 11.7 Å². The Morgan fingerprint density at radius 2 is 2.20 bits per heavy atom. The summed E-state index contributed by atoms with van der Waals surface area (Å²) in [6, 6.07) is 4.23. The Morgan fingerprint density at radius 1 is 1.45 bits per heavy atom. The van der Waals surface area contributed by atoms with Crippen LogP contribution in [0.3, 0.4) is 0 Å². The number of hydrogen-bond donors (Lipinski definition) is 1. The number of methoxy groups -OCH3 is 1. The first-order valence-electron chi connectivity index (χ1n) is 6.86. The van der Waals surface area contributed by atoms with Crippen LogP contribution >= 0.6 is 11.6 Å². The maximum absolute atomic E-state index is 13.3. The minimum atomic E-state index is -0.472. The van der Waals surface area contributed by atoms with E-state index in [0.29, 0.717) is 17.4 Å². The lowest BCUT2D eigenvalue weighted by molar-refractivity contribution is 0.0910. The molecule has 1 amide bonds. The van der Waals surface area contributed by atoms with E-state index < -0.39 is 5.82 Å². The molecule has 0 bridgehead atoms. The molecule has 110 valence electrons. The molecule has 1 saturated carbocycles. The van der Waals surface area contributed by atoms with Crippen LogP contribution in [-0.4, -0.2) is 24.9 Å². The van der Waals surface area contributed by atoms with Gasteiger partial charge in [-0.2, -0.15) is 0 Å². The third-order valence-electron chi connectivity index (χ3n) is 3.84. The van der Waals surface area contributed by atoms with E-state index in [0.717, 1.165) is 25.7 Å². The number of amides is 1. The molecule has 0 spiro atoms. The zero-order valence-corrected chi connectivity index (χ0v) is 12.3. The predicted octanol–water partition coefficient (Wildman–Crippen LogP) is 3.36. The van der Waals surface area contributed by atoms with E-state index in [2.05, 4.69) is 5.32 Å². The monoisotopic (exact) mass is 299 g/mol. The van der Waals surface area contributed by atoms with Gasteiger partial charge in [0.05, 0.1) is 7.11 Å². The van der Waals surface area contributed by atoms with E-state index in [1.165, 1.54) is 25.3 Å². The number of nitrogens with one attached hydrogen (secondary N) is 1. The maximum atomic E-state index is 13.3. The van der Waals surface area contributed by atoms with Gasteiger partial charge in [0.15, 0.2) is 11.6 Å². The molecule has 2 rings (SSSR count). The van der Waals surface area contributed by atoms with Crippen molar-refractivity contribution in [1.29, 1.82) is 0 Å². The van der Waals surface area contributed by atoms with Gasteiger partial charge in [0.1, 0.15) is 0 Å². The van der Waals surface area contributed by atoms with Crippen LogP contribution in [0.1, 0.15) is 36.0 Å². The Labute approximate surface area is 123 Å². The number of carbonyl (C=O) groups is 1. The van der Waals surface area contributed by atoms with Gasteiger partial charge in [-0.1, -0.05) is 12.8 Å². The zero-order valence-electron chi connectivity index (χ0n) is 11.5. The average Bonchev–Trinajstić information content (AvgIpc) is 2.48. The largest absolute Gasteiger partial charge is 0.494 e. The molecule has 0 radical (unpaired) electrons. The van der Waals surface area contributed by atoms with Gasteiger partial charge in [-0.15, -0.1) is 11.6 Å². The third kappa shape index (κ3) is 3.42. The van der Waals surface area contributed by atoms with Gasteiger partial charge in [0, 0.05) is 17.5 Å². The number of benzene rings is 1. The molecule has 0 saturated heterocycles. The molecule has 1 aromatic rings. The van der Waals surface area contributed by atoms with Crippen molar-refractivity contribution in [2.24, 2.45) is 5.92 Å². The molecule has 1 N–H and O–H groups in total. The van der Waals surface area contributed by atoms with Crippen molar-refractivity contribution in [3.63, 3.8) is 0 Å². The minimum Gasteiger partial charge on any atom is -0.494 e. The molecule has 5 heteroatoms. The van der Waals surface area contributed by atoms with Gasteiger partial charge in [0.2, 0.25) is 0 Å². The normalized spacial score (nSPS) is 22.4. The van der Waals surface area contributed by atoms with Crippen LogP contribution < -0.4 is 10.1 Å². The van der Waals surface area contributed by atoms with Crippen molar-refractivity contribution in [2.75, 3.05) is 13.0 Å². The molecule has 2 atom stereocenters. The lowest BCUT2D eigenvalue weighted by atomic mass is 9.85. The van der Waals surface area contributed by atoms with E-state index in [1.807, 2.05) is 0 Å². The SMILES string of the molecule is COc1cc(C(=O)NC2CCCCC2CCl)ccc1F. The van der Waals surface area contributed by atoms with Crippen LogP contribution in [-0.2, 0) is 0 Å². The summed E-state index contributed by atoms with van der Waals surface area (Å²) in [6.07, 6.45) is 4.25. The summed E-state index contributed by atoms with van der Waals surface area (Å²) in [5.74, 6) is 0.273. The van der Waals surface area contributed by atoms with Gasteiger partial charge in [-0.3, -0.25) is 4.79 Å². The van der Waals surface area contributed by atoms with Crippen LogP contribution in [0.25, 0.3) is 0 Å². The van der Waals surface area contributed by atoms with Crippen LogP contribution in [0.15, 0.2) is 18.2 Å². The Morgan fingerprint density at radius 3 is 2.90 bits per heavy atom.